The second-order valence-electron chi connectivity index (χ2n) is 3.49. The molecule has 2 heteroatoms. The minimum Gasteiger partial charge on any atom is -0.468 e. The lowest BCUT2D eigenvalue weighted by Crippen LogP contribution is -2.29. The van der Waals surface area contributed by atoms with Gasteiger partial charge in [0.05, 0.1) is 12.8 Å². The van der Waals surface area contributed by atoms with Crippen LogP contribution in [0.5, 0.6) is 0 Å². The highest BCUT2D eigenvalue weighted by molar-refractivity contribution is 4.97. The predicted octanol–water partition coefficient (Wildman–Crippen LogP) is 2.41. The van der Waals surface area contributed by atoms with Crippen molar-refractivity contribution in [1.29, 1.82) is 0 Å². The highest BCUT2D eigenvalue weighted by Crippen LogP contribution is 2.03. The van der Waals surface area contributed by atoms with Gasteiger partial charge < -0.3 is 9.73 Å². The van der Waals surface area contributed by atoms with E-state index in [-0.39, 0.29) is 0 Å². The van der Waals surface area contributed by atoms with Crippen LogP contribution in [0.1, 0.15) is 26.5 Å². The summed E-state index contributed by atoms with van der Waals surface area (Å²) in [6, 6.07) is 4.44. The van der Waals surface area contributed by atoms with Gasteiger partial charge in [-0.1, -0.05) is 13.8 Å². The van der Waals surface area contributed by atoms with Gasteiger partial charge in [-0.15, -0.1) is 0 Å². The maximum Gasteiger partial charge on any atom is 0.117 e. The lowest BCUT2D eigenvalue weighted by atomic mass is 10.1. The third-order valence-electron chi connectivity index (χ3n) is 2.18. The van der Waals surface area contributed by atoms with Gasteiger partial charge in [0, 0.05) is 6.04 Å². The van der Waals surface area contributed by atoms with E-state index in [0.29, 0.717) is 12.0 Å². The molecule has 0 saturated carbocycles. The second-order valence-corrected chi connectivity index (χ2v) is 3.49. The second kappa shape index (κ2) is 4.31. The lowest BCUT2D eigenvalue weighted by Gasteiger charge is -2.16. The minimum absolute atomic E-state index is 0.537. The van der Waals surface area contributed by atoms with Gasteiger partial charge >= 0.3 is 0 Å². The number of hydrogen-bond donors (Lipinski definition) is 1. The molecule has 0 fully saturated rings. The number of hydrogen-bond acceptors (Lipinski definition) is 2. The largest absolute Gasteiger partial charge is 0.468 e. The first kappa shape index (κ1) is 9.33. The van der Waals surface area contributed by atoms with Crippen LogP contribution >= 0.6 is 0 Å². The molecule has 1 aromatic rings. The first-order valence-electron chi connectivity index (χ1n) is 4.46. The Balaban J connectivity index is 2.27. The van der Waals surface area contributed by atoms with Crippen molar-refractivity contribution in [3.63, 3.8) is 0 Å². The topological polar surface area (TPSA) is 25.2 Å². The summed E-state index contributed by atoms with van der Waals surface area (Å²) in [6.07, 6.45) is 1.71. The molecule has 0 aliphatic carbocycles. The molecule has 12 heavy (non-hydrogen) atoms. The Morgan fingerprint density at radius 1 is 1.42 bits per heavy atom. The van der Waals surface area contributed by atoms with Crippen LogP contribution in [0.15, 0.2) is 22.8 Å². The molecule has 68 valence electrons. The Hall–Kier alpha value is -0.760. The van der Waals surface area contributed by atoms with Gasteiger partial charge in [-0.3, -0.25) is 0 Å². The zero-order chi connectivity index (χ0) is 8.97. The molecule has 0 unspecified atom stereocenters. The van der Waals surface area contributed by atoms with Crippen molar-refractivity contribution >= 4 is 0 Å². The molecule has 0 saturated heterocycles. The summed E-state index contributed by atoms with van der Waals surface area (Å²) >= 11 is 0. The third-order valence-corrected chi connectivity index (χ3v) is 2.18. The van der Waals surface area contributed by atoms with Crippen LogP contribution < -0.4 is 5.32 Å². The fourth-order valence-corrected chi connectivity index (χ4v) is 0.910. The van der Waals surface area contributed by atoms with Crippen molar-refractivity contribution < 1.29 is 4.42 Å². The van der Waals surface area contributed by atoms with Crippen LogP contribution in [0.4, 0.5) is 0 Å². The van der Waals surface area contributed by atoms with Crippen LogP contribution in [-0.4, -0.2) is 6.04 Å². The minimum atomic E-state index is 0.537. The van der Waals surface area contributed by atoms with Crippen LogP contribution in [0.25, 0.3) is 0 Å². The van der Waals surface area contributed by atoms with E-state index in [4.69, 9.17) is 4.42 Å². The number of nitrogens with one attached hydrogen (secondary N) is 1. The summed E-state index contributed by atoms with van der Waals surface area (Å²) < 4.78 is 5.20. The molecule has 2 nitrogen and oxygen atoms in total. The van der Waals surface area contributed by atoms with Crippen LogP contribution in [0.2, 0.25) is 0 Å². The Morgan fingerprint density at radius 3 is 2.67 bits per heavy atom. The molecule has 0 aromatic carbocycles. The predicted molar refractivity (Wildman–Crippen MR) is 49.8 cm³/mol. The Bertz CT molecular complexity index is 204. The highest BCUT2D eigenvalue weighted by Gasteiger charge is 2.05. The Morgan fingerprint density at radius 2 is 2.17 bits per heavy atom. The van der Waals surface area contributed by atoms with Crippen molar-refractivity contribution in [2.45, 2.75) is 33.4 Å². The maximum absolute atomic E-state index is 5.20. The molecule has 1 heterocycles. The molecule has 0 bridgehead atoms. The van der Waals surface area contributed by atoms with E-state index in [0.717, 1.165) is 12.3 Å². The summed E-state index contributed by atoms with van der Waals surface area (Å²) in [7, 11) is 0. The molecule has 1 N–H and O–H groups in total. The van der Waals surface area contributed by atoms with E-state index < -0.39 is 0 Å². The van der Waals surface area contributed by atoms with Gasteiger partial charge in [0.15, 0.2) is 0 Å². The van der Waals surface area contributed by atoms with Crippen LogP contribution in [-0.2, 0) is 6.54 Å². The van der Waals surface area contributed by atoms with Crippen molar-refractivity contribution in [1.82, 2.24) is 5.32 Å². The quantitative estimate of drug-likeness (QED) is 0.745. The summed E-state index contributed by atoms with van der Waals surface area (Å²) in [5.41, 5.74) is 0. The monoisotopic (exact) mass is 167 g/mol. The van der Waals surface area contributed by atoms with Crippen molar-refractivity contribution in [3.05, 3.63) is 24.2 Å². The van der Waals surface area contributed by atoms with Crippen LogP contribution in [0.3, 0.4) is 0 Å². The molecule has 0 amide bonds. The molecule has 0 aliphatic rings. The fourth-order valence-electron chi connectivity index (χ4n) is 0.910. The summed E-state index contributed by atoms with van der Waals surface area (Å²) in [6.45, 7) is 7.43. The van der Waals surface area contributed by atoms with E-state index in [1.807, 2.05) is 12.1 Å². The first-order chi connectivity index (χ1) is 5.70. The SMILES string of the molecule is CC(C)[C@@H](C)NCc1ccco1. The van der Waals surface area contributed by atoms with Crippen molar-refractivity contribution in [2.75, 3.05) is 0 Å². The van der Waals surface area contributed by atoms with Crippen molar-refractivity contribution in [3.8, 4) is 0 Å². The molecule has 1 aromatic heterocycles. The highest BCUT2D eigenvalue weighted by atomic mass is 16.3. The molecule has 0 aliphatic heterocycles. The van der Waals surface area contributed by atoms with E-state index in [1.165, 1.54) is 0 Å². The van der Waals surface area contributed by atoms with Gasteiger partial charge in [0.25, 0.3) is 0 Å². The smallest absolute Gasteiger partial charge is 0.117 e. The molecule has 1 rings (SSSR count). The molecular weight excluding hydrogens is 150 g/mol. The molecule has 0 spiro atoms. The maximum atomic E-state index is 5.20. The zero-order valence-electron chi connectivity index (χ0n) is 8.00. The third kappa shape index (κ3) is 2.70. The zero-order valence-corrected chi connectivity index (χ0v) is 8.00. The number of furan rings is 1. The van der Waals surface area contributed by atoms with Gasteiger partial charge in [0.2, 0.25) is 0 Å². The number of rotatable bonds is 4. The average molecular weight is 167 g/mol. The molecular formula is C10H17NO. The Labute approximate surface area is 74.0 Å². The summed E-state index contributed by atoms with van der Waals surface area (Å²) in [5.74, 6) is 1.67. The van der Waals surface area contributed by atoms with Gasteiger partial charge in [-0.25, -0.2) is 0 Å². The van der Waals surface area contributed by atoms with E-state index in [2.05, 4.69) is 26.1 Å². The molecule has 1 atom stereocenters. The van der Waals surface area contributed by atoms with E-state index in [9.17, 15) is 0 Å². The summed E-state index contributed by atoms with van der Waals surface area (Å²) in [4.78, 5) is 0. The average Bonchev–Trinajstić information content (AvgIpc) is 2.51. The van der Waals surface area contributed by atoms with Crippen LogP contribution in [0, 0.1) is 5.92 Å². The first-order valence-corrected chi connectivity index (χ1v) is 4.46. The normalized spacial score (nSPS) is 13.7. The standard InChI is InChI=1S/C10H17NO/c1-8(2)9(3)11-7-10-5-4-6-12-10/h4-6,8-9,11H,7H2,1-3H3/t9-/m1/s1. The fraction of sp³-hybridized carbons (Fsp3) is 0.600. The Kier molecular flexibility index (Phi) is 3.35. The van der Waals surface area contributed by atoms with Gasteiger partial charge in [-0.05, 0) is 25.0 Å². The van der Waals surface area contributed by atoms with Gasteiger partial charge in [-0.2, -0.15) is 0 Å². The van der Waals surface area contributed by atoms with E-state index >= 15 is 0 Å². The summed E-state index contributed by atoms with van der Waals surface area (Å²) in [5, 5.41) is 3.39. The van der Waals surface area contributed by atoms with Crippen molar-refractivity contribution in [2.24, 2.45) is 5.92 Å². The van der Waals surface area contributed by atoms with E-state index in [1.54, 1.807) is 6.26 Å². The molecule has 0 radical (unpaired) electrons. The van der Waals surface area contributed by atoms with Gasteiger partial charge in [0.1, 0.15) is 5.76 Å². The lowest BCUT2D eigenvalue weighted by molar-refractivity contribution is 0.396.